The molecule has 1 N–H and O–H groups in total. The van der Waals surface area contributed by atoms with Gasteiger partial charge >= 0.3 is 6.18 Å². The standard InChI is InChI=1S/C25H21ClF4N2O4/c1-24(2,3)16-5-9-20(21(12-16)32(34)35)31-23(33)14-4-8-19(26)22(11-14)36-13-15-10-17(27)6-7-18(15)25(28,29)30/h4-12H,13H2,1-3H3,(H,31,33). The number of nitro benzene ring substituents is 1. The molecular weight excluding hydrogens is 504 g/mol. The molecule has 0 radical (unpaired) electrons. The van der Waals surface area contributed by atoms with Gasteiger partial charge in [0.15, 0.2) is 0 Å². The van der Waals surface area contributed by atoms with E-state index in [-0.39, 0.29) is 33.1 Å². The molecule has 0 saturated heterocycles. The number of benzene rings is 3. The lowest BCUT2D eigenvalue weighted by Gasteiger charge is -2.19. The molecule has 190 valence electrons. The maximum Gasteiger partial charge on any atom is 0.416 e. The molecule has 0 bridgehead atoms. The molecule has 0 saturated carbocycles. The molecule has 0 aliphatic carbocycles. The van der Waals surface area contributed by atoms with Crippen molar-refractivity contribution in [2.75, 3.05) is 5.32 Å². The molecule has 36 heavy (non-hydrogen) atoms. The smallest absolute Gasteiger partial charge is 0.416 e. The van der Waals surface area contributed by atoms with Crippen molar-refractivity contribution in [3.8, 4) is 5.75 Å². The predicted octanol–water partition coefficient (Wildman–Crippen LogP) is 7.53. The van der Waals surface area contributed by atoms with Gasteiger partial charge in [-0.25, -0.2) is 4.39 Å². The second kappa shape index (κ2) is 10.1. The molecule has 0 fully saturated rings. The van der Waals surface area contributed by atoms with Gasteiger partial charge in [0.2, 0.25) is 0 Å². The average molecular weight is 525 g/mol. The third-order valence-electron chi connectivity index (χ3n) is 5.26. The van der Waals surface area contributed by atoms with E-state index in [9.17, 15) is 32.5 Å². The SMILES string of the molecule is CC(C)(C)c1ccc(NC(=O)c2ccc(Cl)c(OCc3cc(F)ccc3C(F)(F)F)c2)c([N+](=O)[O-])c1. The lowest BCUT2D eigenvalue weighted by molar-refractivity contribution is -0.384. The molecular formula is C25H21ClF4N2O4. The molecule has 3 aromatic rings. The fraction of sp³-hybridized carbons (Fsp3) is 0.240. The van der Waals surface area contributed by atoms with Gasteiger partial charge in [-0.05, 0) is 53.4 Å². The fourth-order valence-corrected chi connectivity index (χ4v) is 3.49. The average Bonchev–Trinajstić information content (AvgIpc) is 2.77. The summed E-state index contributed by atoms with van der Waals surface area (Å²) >= 11 is 6.07. The Hall–Kier alpha value is -3.66. The van der Waals surface area contributed by atoms with Crippen LogP contribution >= 0.6 is 11.6 Å². The number of nitrogens with one attached hydrogen (secondary N) is 1. The molecule has 0 heterocycles. The number of hydrogen-bond donors (Lipinski definition) is 1. The maximum absolute atomic E-state index is 13.5. The van der Waals surface area contributed by atoms with E-state index in [1.807, 2.05) is 20.8 Å². The number of nitrogens with zero attached hydrogens (tertiary/aromatic N) is 1. The van der Waals surface area contributed by atoms with E-state index in [4.69, 9.17) is 16.3 Å². The molecule has 0 aromatic heterocycles. The summed E-state index contributed by atoms with van der Waals surface area (Å²) in [5.74, 6) is -1.73. The van der Waals surface area contributed by atoms with Crippen molar-refractivity contribution in [1.29, 1.82) is 0 Å². The molecule has 1 amide bonds. The third-order valence-corrected chi connectivity index (χ3v) is 5.57. The van der Waals surface area contributed by atoms with Crippen molar-refractivity contribution in [2.24, 2.45) is 0 Å². The molecule has 0 aliphatic heterocycles. The molecule has 0 unspecified atom stereocenters. The number of carbonyl (C=O) groups excluding carboxylic acids is 1. The molecule has 0 aliphatic rings. The Labute approximate surface area is 209 Å². The second-order valence-corrected chi connectivity index (χ2v) is 9.33. The van der Waals surface area contributed by atoms with Crippen LogP contribution < -0.4 is 10.1 Å². The number of rotatable bonds is 6. The van der Waals surface area contributed by atoms with E-state index < -0.39 is 40.6 Å². The third kappa shape index (κ3) is 6.31. The first kappa shape index (κ1) is 26.9. The number of nitro groups is 1. The highest BCUT2D eigenvalue weighted by molar-refractivity contribution is 6.32. The first-order chi connectivity index (χ1) is 16.7. The number of alkyl halides is 3. The van der Waals surface area contributed by atoms with E-state index in [2.05, 4.69) is 5.32 Å². The quantitative estimate of drug-likeness (QED) is 0.205. The molecule has 11 heteroatoms. The second-order valence-electron chi connectivity index (χ2n) is 8.93. The maximum atomic E-state index is 13.5. The number of amides is 1. The largest absolute Gasteiger partial charge is 0.487 e. The van der Waals surface area contributed by atoms with Crippen LogP contribution in [-0.2, 0) is 18.2 Å². The minimum atomic E-state index is -4.73. The summed E-state index contributed by atoms with van der Waals surface area (Å²) in [7, 11) is 0. The van der Waals surface area contributed by atoms with Crippen molar-refractivity contribution >= 4 is 28.9 Å². The lowest BCUT2D eigenvalue weighted by atomic mass is 9.86. The van der Waals surface area contributed by atoms with E-state index in [1.54, 1.807) is 6.07 Å². The van der Waals surface area contributed by atoms with Crippen LogP contribution in [0.25, 0.3) is 0 Å². The molecule has 6 nitrogen and oxygen atoms in total. The van der Waals surface area contributed by atoms with Gasteiger partial charge in [-0.1, -0.05) is 38.4 Å². The highest BCUT2D eigenvalue weighted by Crippen LogP contribution is 2.35. The highest BCUT2D eigenvalue weighted by atomic mass is 35.5. The summed E-state index contributed by atoms with van der Waals surface area (Å²) in [6.07, 6.45) is -4.73. The summed E-state index contributed by atoms with van der Waals surface area (Å²) in [5.41, 5.74) is -1.53. The number of halogens is 5. The van der Waals surface area contributed by atoms with E-state index in [0.29, 0.717) is 23.8 Å². The Kier molecular flexibility index (Phi) is 7.59. The van der Waals surface area contributed by atoms with E-state index >= 15 is 0 Å². The Balaban J connectivity index is 1.85. The van der Waals surface area contributed by atoms with E-state index in [1.165, 1.54) is 30.3 Å². The van der Waals surface area contributed by atoms with Crippen molar-refractivity contribution in [1.82, 2.24) is 0 Å². The Bertz CT molecular complexity index is 1320. The zero-order valence-electron chi connectivity index (χ0n) is 19.4. The van der Waals surface area contributed by atoms with Gasteiger partial charge in [0.1, 0.15) is 23.9 Å². The van der Waals surface area contributed by atoms with Crippen LogP contribution in [0.1, 0.15) is 47.8 Å². The van der Waals surface area contributed by atoms with E-state index in [0.717, 1.165) is 0 Å². The van der Waals surface area contributed by atoms with Gasteiger partial charge < -0.3 is 10.1 Å². The summed E-state index contributed by atoms with van der Waals surface area (Å²) in [4.78, 5) is 23.8. The number of hydrogen-bond acceptors (Lipinski definition) is 4. The molecule has 0 spiro atoms. The van der Waals surface area contributed by atoms with Gasteiger partial charge in [-0.3, -0.25) is 14.9 Å². The topological polar surface area (TPSA) is 81.5 Å². The Morgan fingerprint density at radius 1 is 1.06 bits per heavy atom. The van der Waals surface area contributed by atoms with Gasteiger partial charge in [0.25, 0.3) is 11.6 Å². The monoisotopic (exact) mass is 524 g/mol. The van der Waals surface area contributed by atoms with Gasteiger partial charge in [-0.2, -0.15) is 13.2 Å². The van der Waals surface area contributed by atoms with Crippen LogP contribution in [0, 0.1) is 15.9 Å². The number of anilines is 1. The van der Waals surface area contributed by atoms with Gasteiger partial charge in [0, 0.05) is 17.2 Å². The summed E-state index contributed by atoms with van der Waals surface area (Å²) in [6, 6.07) is 10.3. The van der Waals surface area contributed by atoms with Crippen LogP contribution in [0.4, 0.5) is 28.9 Å². The van der Waals surface area contributed by atoms with Crippen molar-refractivity contribution < 1.29 is 32.0 Å². The molecule has 3 aromatic carbocycles. The number of ether oxygens (including phenoxy) is 1. The number of carbonyl (C=O) groups is 1. The molecule has 3 rings (SSSR count). The van der Waals surface area contributed by atoms with Crippen LogP contribution in [0.15, 0.2) is 54.6 Å². The van der Waals surface area contributed by atoms with Crippen molar-refractivity contribution in [3.63, 3.8) is 0 Å². The fourth-order valence-electron chi connectivity index (χ4n) is 3.32. The van der Waals surface area contributed by atoms with Crippen LogP contribution in [0.5, 0.6) is 5.75 Å². The van der Waals surface area contributed by atoms with Gasteiger partial charge in [0.05, 0.1) is 15.5 Å². The zero-order valence-corrected chi connectivity index (χ0v) is 20.1. The lowest BCUT2D eigenvalue weighted by Crippen LogP contribution is -2.15. The van der Waals surface area contributed by atoms with Gasteiger partial charge in [-0.15, -0.1) is 0 Å². The summed E-state index contributed by atoms with van der Waals surface area (Å²) in [6.45, 7) is 5.00. The molecule has 0 atom stereocenters. The minimum Gasteiger partial charge on any atom is -0.487 e. The normalized spacial score (nSPS) is 11.8. The summed E-state index contributed by atoms with van der Waals surface area (Å²) in [5, 5.41) is 14.0. The minimum absolute atomic E-state index is 0.00276. The van der Waals surface area contributed by atoms with Crippen LogP contribution in [0.2, 0.25) is 5.02 Å². The predicted molar refractivity (Wildman–Crippen MR) is 127 cm³/mol. The van der Waals surface area contributed by atoms with Crippen molar-refractivity contribution in [3.05, 3.63) is 97.8 Å². The summed E-state index contributed by atoms with van der Waals surface area (Å²) < 4.78 is 58.6. The zero-order chi connectivity index (χ0) is 26.8. The van der Waals surface area contributed by atoms with Crippen LogP contribution in [0.3, 0.4) is 0 Å². The van der Waals surface area contributed by atoms with Crippen molar-refractivity contribution in [2.45, 2.75) is 39.0 Å². The Morgan fingerprint density at radius 3 is 2.36 bits per heavy atom. The van der Waals surface area contributed by atoms with Crippen LogP contribution in [-0.4, -0.2) is 10.8 Å². The Morgan fingerprint density at radius 2 is 1.75 bits per heavy atom. The first-order valence-corrected chi connectivity index (χ1v) is 10.9. The highest BCUT2D eigenvalue weighted by Gasteiger charge is 2.33. The first-order valence-electron chi connectivity index (χ1n) is 10.5.